The summed E-state index contributed by atoms with van der Waals surface area (Å²) < 4.78 is 10.8. The van der Waals surface area contributed by atoms with E-state index in [9.17, 15) is 9.90 Å². The van der Waals surface area contributed by atoms with Crippen molar-refractivity contribution in [1.82, 2.24) is 5.32 Å². The van der Waals surface area contributed by atoms with Crippen LogP contribution in [0.25, 0.3) is 0 Å². The van der Waals surface area contributed by atoms with Crippen molar-refractivity contribution in [3.63, 3.8) is 0 Å². The molecular weight excluding hydrogens is 222 g/mol. The first kappa shape index (κ1) is 12.8. The van der Waals surface area contributed by atoms with Crippen molar-refractivity contribution in [2.24, 2.45) is 0 Å². The molecule has 0 spiro atoms. The Hall–Kier alpha value is -0.650. The molecule has 0 radical (unpaired) electrons. The second kappa shape index (κ2) is 5.80. The number of carboxylic acid groups (broad SMARTS) is 1. The predicted molar refractivity (Wildman–Crippen MR) is 62.0 cm³/mol. The molecule has 0 aromatic carbocycles. The minimum absolute atomic E-state index is 0.0121. The van der Waals surface area contributed by atoms with Crippen LogP contribution in [0.4, 0.5) is 0 Å². The third-order valence-corrected chi connectivity index (χ3v) is 3.67. The molecule has 1 aliphatic carbocycles. The first-order valence-electron chi connectivity index (χ1n) is 6.41. The van der Waals surface area contributed by atoms with Gasteiger partial charge in [-0.25, -0.2) is 0 Å². The Balaban J connectivity index is 1.86. The van der Waals surface area contributed by atoms with Crippen molar-refractivity contribution in [3.8, 4) is 0 Å². The van der Waals surface area contributed by atoms with Crippen molar-refractivity contribution >= 4 is 5.97 Å². The maximum Gasteiger partial charge on any atom is 0.323 e. The van der Waals surface area contributed by atoms with E-state index in [1.807, 2.05) is 0 Å². The van der Waals surface area contributed by atoms with Gasteiger partial charge >= 0.3 is 5.97 Å². The largest absolute Gasteiger partial charge is 0.480 e. The third kappa shape index (κ3) is 3.18. The first-order chi connectivity index (χ1) is 8.23. The topological polar surface area (TPSA) is 67.8 Å². The summed E-state index contributed by atoms with van der Waals surface area (Å²) in [5, 5.41) is 12.6. The molecule has 0 aromatic rings. The van der Waals surface area contributed by atoms with Crippen LogP contribution in [0, 0.1) is 0 Å². The van der Waals surface area contributed by atoms with E-state index >= 15 is 0 Å². The standard InChI is InChI=1S/C12H21NO4/c14-11(15)12(4-2-1-3-5-12)13-8-10-9-16-6-7-17-10/h10,13H,1-9H2,(H,14,15). The van der Waals surface area contributed by atoms with Crippen LogP contribution in [-0.4, -0.2) is 49.1 Å². The maximum atomic E-state index is 11.4. The SMILES string of the molecule is O=C(O)C1(NCC2COCCO2)CCCCC1. The quantitative estimate of drug-likeness (QED) is 0.763. The molecule has 5 heteroatoms. The maximum absolute atomic E-state index is 11.4. The van der Waals surface area contributed by atoms with Gasteiger partial charge < -0.3 is 14.6 Å². The van der Waals surface area contributed by atoms with Gasteiger partial charge in [-0.2, -0.15) is 0 Å². The van der Waals surface area contributed by atoms with E-state index < -0.39 is 11.5 Å². The van der Waals surface area contributed by atoms with Gasteiger partial charge in [-0.15, -0.1) is 0 Å². The van der Waals surface area contributed by atoms with E-state index in [1.165, 1.54) is 0 Å². The highest BCUT2D eigenvalue weighted by Gasteiger charge is 2.39. The van der Waals surface area contributed by atoms with Crippen LogP contribution in [0.3, 0.4) is 0 Å². The lowest BCUT2D eigenvalue weighted by Crippen LogP contribution is -2.56. The smallest absolute Gasteiger partial charge is 0.323 e. The Kier molecular flexibility index (Phi) is 4.36. The van der Waals surface area contributed by atoms with Crippen molar-refractivity contribution < 1.29 is 19.4 Å². The second-order valence-electron chi connectivity index (χ2n) is 4.90. The van der Waals surface area contributed by atoms with Gasteiger partial charge in [0.2, 0.25) is 0 Å². The van der Waals surface area contributed by atoms with Crippen LogP contribution < -0.4 is 5.32 Å². The Bertz CT molecular complexity index is 257. The van der Waals surface area contributed by atoms with E-state index in [-0.39, 0.29) is 6.10 Å². The molecule has 2 rings (SSSR count). The van der Waals surface area contributed by atoms with Crippen molar-refractivity contribution in [2.45, 2.75) is 43.7 Å². The van der Waals surface area contributed by atoms with E-state index in [2.05, 4.69) is 5.32 Å². The first-order valence-corrected chi connectivity index (χ1v) is 6.41. The number of carbonyl (C=O) groups is 1. The molecule has 5 nitrogen and oxygen atoms in total. The fourth-order valence-corrected chi connectivity index (χ4v) is 2.59. The number of aliphatic carboxylic acids is 1. The average Bonchev–Trinajstić information content (AvgIpc) is 2.38. The highest BCUT2D eigenvalue weighted by molar-refractivity contribution is 5.78. The van der Waals surface area contributed by atoms with Crippen LogP contribution in [0.15, 0.2) is 0 Å². The number of ether oxygens (including phenoxy) is 2. The fraction of sp³-hybridized carbons (Fsp3) is 0.917. The molecule has 0 bridgehead atoms. The molecule has 1 aliphatic heterocycles. The lowest BCUT2D eigenvalue weighted by atomic mass is 9.81. The molecule has 1 heterocycles. The van der Waals surface area contributed by atoms with Crippen molar-refractivity contribution in [3.05, 3.63) is 0 Å². The van der Waals surface area contributed by atoms with Gasteiger partial charge in [-0.3, -0.25) is 10.1 Å². The molecule has 98 valence electrons. The lowest BCUT2D eigenvalue weighted by molar-refractivity contribution is -0.147. The lowest BCUT2D eigenvalue weighted by Gasteiger charge is -2.36. The van der Waals surface area contributed by atoms with Gasteiger partial charge in [0.05, 0.1) is 25.9 Å². The Morgan fingerprint density at radius 1 is 1.29 bits per heavy atom. The minimum atomic E-state index is -0.737. The molecule has 1 saturated carbocycles. The zero-order valence-corrected chi connectivity index (χ0v) is 10.1. The summed E-state index contributed by atoms with van der Waals surface area (Å²) in [4.78, 5) is 11.4. The minimum Gasteiger partial charge on any atom is -0.480 e. The Labute approximate surface area is 101 Å². The zero-order valence-electron chi connectivity index (χ0n) is 10.1. The van der Waals surface area contributed by atoms with Gasteiger partial charge in [0.1, 0.15) is 5.54 Å². The molecule has 0 aromatic heterocycles. The molecule has 2 N–H and O–H groups in total. The van der Waals surface area contributed by atoms with Gasteiger partial charge in [-0.05, 0) is 12.8 Å². The number of nitrogens with one attached hydrogen (secondary N) is 1. The van der Waals surface area contributed by atoms with Crippen LogP contribution in [-0.2, 0) is 14.3 Å². The normalized spacial score (nSPS) is 28.8. The molecule has 1 atom stereocenters. The third-order valence-electron chi connectivity index (χ3n) is 3.67. The van der Waals surface area contributed by atoms with Crippen LogP contribution >= 0.6 is 0 Å². The number of rotatable bonds is 4. The molecule has 17 heavy (non-hydrogen) atoms. The van der Waals surface area contributed by atoms with E-state index in [4.69, 9.17) is 9.47 Å². The van der Waals surface area contributed by atoms with Gasteiger partial charge in [-0.1, -0.05) is 19.3 Å². The Morgan fingerprint density at radius 2 is 2.06 bits per heavy atom. The molecular formula is C12H21NO4. The highest BCUT2D eigenvalue weighted by atomic mass is 16.6. The number of hydrogen-bond donors (Lipinski definition) is 2. The second-order valence-corrected chi connectivity index (χ2v) is 4.90. The van der Waals surface area contributed by atoms with Gasteiger partial charge in [0.25, 0.3) is 0 Å². The van der Waals surface area contributed by atoms with E-state index in [0.717, 1.165) is 32.1 Å². The summed E-state index contributed by atoms with van der Waals surface area (Å²) in [5.74, 6) is -0.728. The summed E-state index contributed by atoms with van der Waals surface area (Å²) >= 11 is 0. The monoisotopic (exact) mass is 243 g/mol. The predicted octanol–water partition coefficient (Wildman–Crippen LogP) is 0.779. The highest BCUT2D eigenvalue weighted by Crippen LogP contribution is 2.28. The molecule has 2 fully saturated rings. The molecule has 2 aliphatic rings. The molecule has 1 saturated heterocycles. The molecule has 0 amide bonds. The molecule has 1 unspecified atom stereocenters. The van der Waals surface area contributed by atoms with E-state index in [0.29, 0.717) is 26.4 Å². The zero-order chi connectivity index (χ0) is 12.1. The average molecular weight is 243 g/mol. The Morgan fingerprint density at radius 3 is 2.65 bits per heavy atom. The fourth-order valence-electron chi connectivity index (χ4n) is 2.59. The summed E-state index contributed by atoms with van der Waals surface area (Å²) in [5.41, 5.74) is -0.737. The van der Waals surface area contributed by atoms with Crippen molar-refractivity contribution in [1.29, 1.82) is 0 Å². The number of hydrogen-bond acceptors (Lipinski definition) is 4. The summed E-state index contributed by atoms with van der Waals surface area (Å²) in [6, 6.07) is 0. The number of carboxylic acids is 1. The van der Waals surface area contributed by atoms with Crippen LogP contribution in [0.1, 0.15) is 32.1 Å². The summed E-state index contributed by atoms with van der Waals surface area (Å²) in [6.07, 6.45) is 4.54. The van der Waals surface area contributed by atoms with Crippen molar-refractivity contribution in [2.75, 3.05) is 26.4 Å². The summed E-state index contributed by atoms with van der Waals surface area (Å²) in [6.45, 7) is 2.36. The summed E-state index contributed by atoms with van der Waals surface area (Å²) in [7, 11) is 0. The van der Waals surface area contributed by atoms with Crippen LogP contribution in [0.2, 0.25) is 0 Å². The van der Waals surface area contributed by atoms with E-state index in [1.54, 1.807) is 0 Å². The van der Waals surface area contributed by atoms with Gasteiger partial charge in [0, 0.05) is 6.54 Å². The van der Waals surface area contributed by atoms with Crippen LogP contribution in [0.5, 0.6) is 0 Å². The van der Waals surface area contributed by atoms with Gasteiger partial charge in [0.15, 0.2) is 0 Å².